The molecule has 1 heterocycles. The van der Waals surface area contributed by atoms with E-state index in [0.717, 1.165) is 16.5 Å². The molecule has 0 bridgehead atoms. The van der Waals surface area contributed by atoms with Crippen molar-refractivity contribution in [2.75, 3.05) is 26.5 Å². The molecule has 0 fully saturated rings. The van der Waals surface area contributed by atoms with Crippen LogP contribution in [0.1, 0.15) is 21.5 Å². The lowest BCUT2D eigenvalue weighted by molar-refractivity contribution is 0.0735. The van der Waals surface area contributed by atoms with Gasteiger partial charge in [0.2, 0.25) is 0 Å². The van der Waals surface area contributed by atoms with Gasteiger partial charge in [0.15, 0.2) is 11.5 Å². The molecule has 6 heteroatoms. The molecule has 0 aliphatic carbocycles. The largest absolute Gasteiger partial charge is 0.493 e. The van der Waals surface area contributed by atoms with Crippen LogP contribution in [0.3, 0.4) is 0 Å². The van der Waals surface area contributed by atoms with Crippen molar-refractivity contribution in [3.05, 3.63) is 51.5 Å². The summed E-state index contributed by atoms with van der Waals surface area (Å²) < 4.78 is 11.6. The summed E-state index contributed by atoms with van der Waals surface area (Å²) >= 11 is 3.36. The first-order valence-corrected chi connectivity index (χ1v) is 8.41. The smallest absolute Gasteiger partial charge is 0.256 e. The maximum Gasteiger partial charge on any atom is 0.256 e. The van der Waals surface area contributed by atoms with Gasteiger partial charge in [0.05, 0.1) is 19.8 Å². The zero-order valence-corrected chi connectivity index (χ0v) is 15.2. The molecule has 0 spiro atoms. The number of carbonyl (C=O) groups excluding carboxylic acids is 1. The predicted octanol–water partition coefficient (Wildman–Crippen LogP) is 3.25. The van der Waals surface area contributed by atoms with Gasteiger partial charge in [0.1, 0.15) is 0 Å². The number of fused-ring (bicyclic) bond motifs is 1. The Morgan fingerprint density at radius 2 is 1.79 bits per heavy atom. The van der Waals surface area contributed by atoms with E-state index in [1.807, 2.05) is 23.1 Å². The van der Waals surface area contributed by atoms with Crippen molar-refractivity contribution in [3.8, 4) is 11.5 Å². The van der Waals surface area contributed by atoms with Gasteiger partial charge in [-0.1, -0.05) is 15.9 Å². The topological polar surface area (TPSA) is 64.8 Å². The molecule has 5 nitrogen and oxygen atoms in total. The molecule has 1 amide bonds. The van der Waals surface area contributed by atoms with Gasteiger partial charge >= 0.3 is 0 Å². The van der Waals surface area contributed by atoms with Crippen LogP contribution in [0.4, 0.5) is 5.69 Å². The summed E-state index contributed by atoms with van der Waals surface area (Å²) in [5.41, 5.74) is 9.26. The van der Waals surface area contributed by atoms with Crippen molar-refractivity contribution in [3.63, 3.8) is 0 Å². The first-order valence-electron chi connectivity index (χ1n) is 7.61. The first-order chi connectivity index (χ1) is 11.5. The van der Waals surface area contributed by atoms with Crippen LogP contribution in [0, 0.1) is 0 Å². The lowest BCUT2D eigenvalue weighted by atomic mass is 9.98. The monoisotopic (exact) mass is 390 g/mol. The third kappa shape index (κ3) is 3.06. The molecular weight excluding hydrogens is 372 g/mol. The Bertz CT molecular complexity index is 792. The predicted molar refractivity (Wildman–Crippen MR) is 96.5 cm³/mol. The average molecular weight is 391 g/mol. The first kappa shape index (κ1) is 16.6. The van der Waals surface area contributed by atoms with Crippen molar-refractivity contribution >= 4 is 27.5 Å². The standard InChI is InChI=1S/C18H19BrN2O3/c1-23-16-7-11-5-6-21(10-12(11)8-17(16)24-2)18(22)14-4-3-13(19)9-15(14)20/h3-4,7-9H,5-6,10,20H2,1-2H3. The fraction of sp³-hybridized carbons (Fsp3) is 0.278. The number of nitrogens with two attached hydrogens (primary N) is 1. The van der Waals surface area contributed by atoms with E-state index >= 15 is 0 Å². The third-order valence-corrected chi connectivity index (χ3v) is 4.74. The summed E-state index contributed by atoms with van der Waals surface area (Å²) in [5, 5.41) is 0. The highest BCUT2D eigenvalue weighted by molar-refractivity contribution is 9.10. The highest BCUT2D eigenvalue weighted by Gasteiger charge is 2.24. The summed E-state index contributed by atoms with van der Waals surface area (Å²) in [6.45, 7) is 1.18. The van der Waals surface area contributed by atoms with E-state index in [1.54, 1.807) is 26.4 Å². The molecule has 0 atom stereocenters. The fourth-order valence-corrected chi connectivity index (χ4v) is 3.33. The van der Waals surface area contributed by atoms with Crippen molar-refractivity contribution in [1.29, 1.82) is 0 Å². The second-order valence-electron chi connectivity index (χ2n) is 5.68. The van der Waals surface area contributed by atoms with Gasteiger partial charge in [0, 0.05) is 23.2 Å². The number of anilines is 1. The molecule has 1 aliphatic rings. The van der Waals surface area contributed by atoms with E-state index in [1.165, 1.54) is 5.56 Å². The second kappa shape index (κ2) is 6.73. The molecule has 24 heavy (non-hydrogen) atoms. The summed E-state index contributed by atoms with van der Waals surface area (Å²) in [6.07, 6.45) is 0.776. The second-order valence-corrected chi connectivity index (χ2v) is 6.60. The van der Waals surface area contributed by atoms with Crippen LogP contribution in [0.15, 0.2) is 34.8 Å². The van der Waals surface area contributed by atoms with E-state index in [0.29, 0.717) is 35.8 Å². The van der Waals surface area contributed by atoms with Crippen LogP contribution >= 0.6 is 15.9 Å². The van der Waals surface area contributed by atoms with E-state index in [2.05, 4.69) is 15.9 Å². The Balaban J connectivity index is 1.88. The molecule has 3 rings (SSSR count). The van der Waals surface area contributed by atoms with Gasteiger partial charge in [-0.15, -0.1) is 0 Å². The van der Waals surface area contributed by atoms with Crippen molar-refractivity contribution in [1.82, 2.24) is 4.90 Å². The maximum atomic E-state index is 12.8. The number of hydrogen-bond donors (Lipinski definition) is 1. The van der Waals surface area contributed by atoms with E-state index < -0.39 is 0 Å². The normalized spacial score (nSPS) is 13.4. The number of benzene rings is 2. The van der Waals surface area contributed by atoms with Crippen LogP contribution in [0.2, 0.25) is 0 Å². The lowest BCUT2D eigenvalue weighted by Gasteiger charge is -2.30. The SMILES string of the molecule is COc1cc2c(cc1OC)CN(C(=O)c1ccc(Br)cc1N)CC2. The number of hydrogen-bond acceptors (Lipinski definition) is 4. The van der Waals surface area contributed by atoms with Crippen LogP contribution in [-0.2, 0) is 13.0 Å². The van der Waals surface area contributed by atoms with E-state index in [9.17, 15) is 4.79 Å². The quantitative estimate of drug-likeness (QED) is 0.816. The van der Waals surface area contributed by atoms with Gasteiger partial charge in [-0.3, -0.25) is 4.79 Å². The Labute approximate surface area is 149 Å². The fourth-order valence-electron chi connectivity index (χ4n) is 2.96. The molecule has 0 unspecified atom stereocenters. The molecule has 2 aromatic rings. The van der Waals surface area contributed by atoms with Gasteiger partial charge in [-0.25, -0.2) is 0 Å². The minimum atomic E-state index is -0.0552. The highest BCUT2D eigenvalue weighted by Crippen LogP contribution is 2.33. The third-order valence-electron chi connectivity index (χ3n) is 4.25. The van der Waals surface area contributed by atoms with E-state index in [4.69, 9.17) is 15.2 Å². The summed E-state index contributed by atoms with van der Waals surface area (Å²) in [5.74, 6) is 1.34. The Kier molecular flexibility index (Phi) is 4.66. The highest BCUT2D eigenvalue weighted by atomic mass is 79.9. The van der Waals surface area contributed by atoms with Crippen LogP contribution in [0.5, 0.6) is 11.5 Å². The van der Waals surface area contributed by atoms with Gasteiger partial charge in [0.25, 0.3) is 5.91 Å². The van der Waals surface area contributed by atoms with Crippen molar-refractivity contribution in [2.45, 2.75) is 13.0 Å². The zero-order chi connectivity index (χ0) is 17.3. The number of methoxy groups -OCH3 is 2. The van der Waals surface area contributed by atoms with Crippen LogP contribution in [-0.4, -0.2) is 31.6 Å². The van der Waals surface area contributed by atoms with Crippen molar-refractivity contribution < 1.29 is 14.3 Å². The van der Waals surface area contributed by atoms with Crippen molar-refractivity contribution in [2.24, 2.45) is 0 Å². The molecule has 2 aromatic carbocycles. The number of amides is 1. The van der Waals surface area contributed by atoms with Crippen LogP contribution < -0.4 is 15.2 Å². The van der Waals surface area contributed by atoms with Gasteiger partial charge in [-0.2, -0.15) is 0 Å². The molecule has 0 aromatic heterocycles. The Hall–Kier alpha value is -2.21. The number of halogens is 1. The zero-order valence-electron chi connectivity index (χ0n) is 13.6. The molecule has 126 valence electrons. The average Bonchev–Trinajstić information content (AvgIpc) is 2.59. The van der Waals surface area contributed by atoms with E-state index in [-0.39, 0.29) is 5.91 Å². The molecule has 2 N–H and O–H groups in total. The number of nitrogen functional groups attached to an aromatic ring is 1. The molecule has 1 aliphatic heterocycles. The van der Waals surface area contributed by atoms with Gasteiger partial charge < -0.3 is 20.1 Å². The molecule has 0 radical (unpaired) electrons. The number of rotatable bonds is 3. The molecule has 0 saturated carbocycles. The molecule has 0 saturated heterocycles. The summed E-state index contributed by atoms with van der Waals surface area (Å²) in [4.78, 5) is 14.6. The summed E-state index contributed by atoms with van der Waals surface area (Å²) in [6, 6.07) is 9.27. The Morgan fingerprint density at radius 3 is 2.42 bits per heavy atom. The van der Waals surface area contributed by atoms with Gasteiger partial charge in [-0.05, 0) is 47.9 Å². The summed E-state index contributed by atoms with van der Waals surface area (Å²) in [7, 11) is 3.23. The lowest BCUT2D eigenvalue weighted by Crippen LogP contribution is -2.36. The minimum absolute atomic E-state index is 0.0552. The minimum Gasteiger partial charge on any atom is -0.493 e. The molecular formula is C18H19BrN2O3. The number of ether oxygens (including phenoxy) is 2. The van der Waals surface area contributed by atoms with Crippen LogP contribution in [0.25, 0.3) is 0 Å². The maximum absolute atomic E-state index is 12.8. The Morgan fingerprint density at radius 1 is 1.12 bits per heavy atom. The number of nitrogens with zero attached hydrogens (tertiary/aromatic N) is 1. The number of carbonyl (C=O) groups is 1.